The molecule has 2 heterocycles. The highest BCUT2D eigenvalue weighted by molar-refractivity contribution is 7.87. The second-order valence-electron chi connectivity index (χ2n) is 7.58. The molecule has 28 heavy (non-hydrogen) atoms. The van der Waals surface area contributed by atoms with Crippen molar-refractivity contribution < 1.29 is 26.4 Å². The molecule has 0 saturated carbocycles. The Morgan fingerprint density at radius 3 is 2.07 bits per heavy atom. The molecule has 2 amide bonds. The van der Waals surface area contributed by atoms with Crippen LogP contribution in [0, 0.1) is 0 Å². The van der Waals surface area contributed by atoms with Gasteiger partial charge < -0.3 is 0 Å². The average molecular weight is 423 g/mol. The minimum Gasteiger partial charge on any atom is -0.275 e. The predicted octanol–water partition coefficient (Wildman–Crippen LogP) is 3.04. The number of halogens is 3. The first-order chi connectivity index (χ1) is 12.8. The molecule has 1 aromatic rings. The molecule has 0 radical (unpaired) electrons. The molecule has 2 rings (SSSR count). The van der Waals surface area contributed by atoms with Gasteiger partial charge in [0.05, 0.1) is 5.69 Å². The standard InChI is InChI=1S/C16H24F3N5O3S/c1-15(2,3)11-10-12(16(17,18)19)21-13(20-11)22-14(25)23-28(26,27)24-8-6-4-5-7-9-24/h10H,4-9H2,1-3H3,(H2,20,21,22,23,25). The summed E-state index contributed by atoms with van der Waals surface area (Å²) in [5.74, 6) is -0.622. The molecule has 1 aliphatic heterocycles. The molecule has 0 aromatic carbocycles. The number of hydrogen-bond acceptors (Lipinski definition) is 5. The summed E-state index contributed by atoms with van der Waals surface area (Å²) in [4.78, 5) is 19.3. The van der Waals surface area contributed by atoms with Gasteiger partial charge in [-0.1, -0.05) is 33.6 Å². The van der Waals surface area contributed by atoms with Crippen molar-refractivity contribution >= 4 is 22.2 Å². The number of rotatable bonds is 3. The van der Waals surface area contributed by atoms with Crippen LogP contribution in [0.2, 0.25) is 0 Å². The number of urea groups is 1. The van der Waals surface area contributed by atoms with E-state index in [0.29, 0.717) is 12.8 Å². The van der Waals surface area contributed by atoms with Crippen LogP contribution >= 0.6 is 0 Å². The first-order valence-electron chi connectivity index (χ1n) is 8.85. The van der Waals surface area contributed by atoms with E-state index in [1.807, 2.05) is 5.32 Å². The quantitative estimate of drug-likeness (QED) is 0.778. The summed E-state index contributed by atoms with van der Waals surface area (Å²) in [7, 11) is -4.11. The molecule has 1 saturated heterocycles. The highest BCUT2D eigenvalue weighted by atomic mass is 32.2. The van der Waals surface area contributed by atoms with Crippen molar-refractivity contribution in [3.8, 4) is 0 Å². The SMILES string of the molecule is CC(C)(C)c1cc(C(F)(F)F)nc(NC(=O)NS(=O)(=O)N2CCCCCC2)n1. The van der Waals surface area contributed by atoms with Gasteiger partial charge in [0, 0.05) is 18.5 Å². The third kappa shape index (κ3) is 6.03. The zero-order valence-corrected chi connectivity index (χ0v) is 16.7. The van der Waals surface area contributed by atoms with Crippen LogP contribution in [-0.2, 0) is 21.8 Å². The average Bonchev–Trinajstić information content (AvgIpc) is 2.82. The number of alkyl halides is 3. The molecule has 0 spiro atoms. The number of anilines is 1. The summed E-state index contributed by atoms with van der Waals surface area (Å²) in [5.41, 5.74) is -1.91. The molecule has 1 fully saturated rings. The molecule has 8 nitrogen and oxygen atoms in total. The molecule has 12 heteroatoms. The minimum absolute atomic E-state index is 0.0560. The maximum Gasteiger partial charge on any atom is 0.433 e. The van der Waals surface area contributed by atoms with Gasteiger partial charge in [-0.05, 0) is 18.9 Å². The second kappa shape index (κ2) is 8.19. The van der Waals surface area contributed by atoms with Crippen LogP contribution in [0.5, 0.6) is 0 Å². The Bertz CT molecular complexity index is 782. The summed E-state index contributed by atoms with van der Waals surface area (Å²) < 4.78 is 66.9. The van der Waals surface area contributed by atoms with Gasteiger partial charge in [-0.3, -0.25) is 5.32 Å². The van der Waals surface area contributed by atoms with Crippen molar-refractivity contribution in [3.05, 3.63) is 17.5 Å². The van der Waals surface area contributed by atoms with Crippen LogP contribution in [0.1, 0.15) is 57.8 Å². The normalized spacial score (nSPS) is 17.1. The van der Waals surface area contributed by atoms with Crippen LogP contribution in [0.15, 0.2) is 6.07 Å². The molecular weight excluding hydrogens is 399 g/mol. The number of aromatic nitrogens is 2. The van der Waals surface area contributed by atoms with Crippen molar-refractivity contribution in [3.63, 3.8) is 0 Å². The first-order valence-corrected chi connectivity index (χ1v) is 10.3. The largest absolute Gasteiger partial charge is 0.433 e. The maximum atomic E-state index is 13.1. The number of nitrogens with one attached hydrogen (secondary N) is 2. The van der Waals surface area contributed by atoms with E-state index in [9.17, 15) is 26.4 Å². The zero-order valence-electron chi connectivity index (χ0n) is 15.9. The number of nitrogens with zero attached hydrogens (tertiary/aromatic N) is 3. The molecule has 1 aromatic heterocycles. The van der Waals surface area contributed by atoms with E-state index in [-0.39, 0.29) is 18.8 Å². The number of carbonyl (C=O) groups is 1. The number of hydrogen-bond donors (Lipinski definition) is 2. The number of carbonyl (C=O) groups excluding carboxylic acids is 1. The van der Waals surface area contributed by atoms with Crippen LogP contribution in [0.4, 0.5) is 23.9 Å². The van der Waals surface area contributed by atoms with Gasteiger partial charge in [0.25, 0.3) is 0 Å². The highest BCUT2D eigenvalue weighted by Crippen LogP contribution is 2.31. The topological polar surface area (TPSA) is 104 Å². The van der Waals surface area contributed by atoms with Crippen molar-refractivity contribution in [2.75, 3.05) is 18.4 Å². The van der Waals surface area contributed by atoms with Gasteiger partial charge in [0.15, 0.2) is 0 Å². The molecule has 0 unspecified atom stereocenters. The molecule has 0 atom stereocenters. The summed E-state index contributed by atoms with van der Waals surface area (Å²) in [5, 5.41) is 2.00. The zero-order chi connectivity index (χ0) is 21.2. The lowest BCUT2D eigenvalue weighted by atomic mass is 9.91. The first kappa shape index (κ1) is 22.3. The van der Waals surface area contributed by atoms with Gasteiger partial charge >= 0.3 is 22.4 Å². The Morgan fingerprint density at radius 1 is 1.04 bits per heavy atom. The molecule has 2 N–H and O–H groups in total. The van der Waals surface area contributed by atoms with E-state index >= 15 is 0 Å². The fraction of sp³-hybridized carbons (Fsp3) is 0.688. The van der Waals surface area contributed by atoms with Crippen molar-refractivity contribution in [1.29, 1.82) is 0 Å². The van der Waals surface area contributed by atoms with Crippen LogP contribution in [-0.4, -0.2) is 41.8 Å². The minimum atomic E-state index is -4.74. The van der Waals surface area contributed by atoms with Crippen molar-refractivity contribution in [2.45, 2.75) is 58.0 Å². The Kier molecular flexibility index (Phi) is 6.54. The summed E-state index contributed by atoms with van der Waals surface area (Å²) in [6.45, 7) is 5.52. The van der Waals surface area contributed by atoms with Gasteiger partial charge in [0.2, 0.25) is 5.95 Å². The molecule has 158 valence electrons. The van der Waals surface area contributed by atoms with E-state index in [4.69, 9.17) is 0 Å². The third-order valence-corrected chi connectivity index (χ3v) is 5.63. The Balaban J connectivity index is 2.20. The monoisotopic (exact) mass is 423 g/mol. The fourth-order valence-electron chi connectivity index (χ4n) is 2.62. The molecule has 0 aliphatic carbocycles. The van der Waals surface area contributed by atoms with Crippen LogP contribution < -0.4 is 10.0 Å². The van der Waals surface area contributed by atoms with Gasteiger partial charge in [-0.15, -0.1) is 0 Å². The fourth-order valence-corrected chi connectivity index (χ4v) is 3.78. The second-order valence-corrected chi connectivity index (χ2v) is 9.25. The highest BCUT2D eigenvalue weighted by Gasteiger charge is 2.35. The van der Waals surface area contributed by atoms with E-state index < -0.39 is 39.5 Å². The van der Waals surface area contributed by atoms with E-state index in [1.54, 1.807) is 25.5 Å². The van der Waals surface area contributed by atoms with Gasteiger partial charge in [-0.25, -0.2) is 19.5 Å². The lowest BCUT2D eigenvalue weighted by molar-refractivity contribution is -0.141. The number of amides is 2. The van der Waals surface area contributed by atoms with Gasteiger partial charge in [0.1, 0.15) is 5.69 Å². The predicted molar refractivity (Wildman–Crippen MR) is 96.8 cm³/mol. The Labute approximate surface area is 162 Å². The Morgan fingerprint density at radius 2 is 1.57 bits per heavy atom. The summed E-state index contributed by atoms with van der Waals surface area (Å²) in [6, 6.07) is -0.416. The van der Waals surface area contributed by atoms with Gasteiger partial charge in [-0.2, -0.15) is 25.9 Å². The summed E-state index contributed by atoms with van der Waals surface area (Å²) in [6.07, 6.45) is -1.60. The van der Waals surface area contributed by atoms with E-state index in [0.717, 1.165) is 23.2 Å². The molecule has 0 bridgehead atoms. The van der Waals surface area contributed by atoms with Crippen LogP contribution in [0.3, 0.4) is 0 Å². The van der Waals surface area contributed by atoms with E-state index in [1.165, 1.54) is 0 Å². The lowest BCUT2D eigenvalue weighted by Gasteiger charge is -2.21. The lowest BCUT2D eigenvalue weighted by Crippen LogP contribution is -2.45. The Hall–Kier alpha value is -1.95. The molecule has 1 aliphatic rings. The van der Waals surface area contributed by atoms with E-state index in [2.05, 4.69) is 9.97 Å². The van der Waals surface area contributed by atoms with Crippen molar-refractivity contribution in [2.24, 2.45) is 0 Å². The van der Waals surface area contributed by atoms with Crippen LogP contribution in [0.25, 0.3) is 0 Å². The van der Waals surface area contributed by atoms with Crippen molar-refractivity contribution in [1.82, 2.24) is 19.0 Å². The summed E-state index contributed by atoms with van der Waals surface area (Å²) >= 11 is 0. The third-order valence-electron chi connectivity index (χ3n) is 4.14. The molecular formula is C16H24F3N5O3S. The smallest absolute Gasteiger partial charge is 0.275 e. The maximum absolute atomic E-state index is 13.1.